The van der Waals surface area contributed by atoms with Crippen molar-refractivity contribution in [3.05, 3.63) is 36.3 Å². The van der Waals surface area contributed by atoms with Crippen LogP contribution in [0.25, 0.3) is 0 Å². The van der Waals surface area contributed by atoms with Crippen LogP contribution in [0.3, 0.4) is 0 Å². The van der Waals surface area contributed by atoms with Gasteiger partial charge in [-0.05, 0) is 36.7 Å². The van der Waals surface area contributed by atoms with Crippen molar-refractivity contribution >= 4 is 17.6 Å². The van der Waals surface area contributed by atoms with Crippen LogP contribution in [0.1, 0.15) is 32.3 Å². The average molecular weight is 274 g/mol. The SMILES string of the molecule is CCNc1ncnc(Sc2ccccn2)c1C(C)C. The molecule has 1 N–H and O–H groups in total. The van der Waals surface area contributed by atoms with Gasteiger partial charge in [0.1, 0.15) is 22.2 Å². The summed E-state index contributed by atoms with van der Waals surface area (Å²) < 4.78 is 0. The lowest BCUT2D eigenvalue weighted by atomic mass is 10.1. The fourth-order valence-electron chi connectivity index (χ4n) is 1.80. The monoisotopic (exact) mass is 274 g/mol. The maximum Gasteiger partial charge on any atom is 0.133 e. The highest BCUT2D eigenvalue weighted by Crippen LogP contribution is 2.34. The summed E-state index contributed by atoms with van der Waals surface area (Å²) in [6.07, 6.45) is 3.40. The molecule has 0 atom stereocenters. The van der Waals surface area contributed by atoms with Gasteiger partial charge in [0.2, 0.25) is 0 Å². The van der Waals surface area contributed by atoms with Crippen molar-refractivity contribution in [3.63, 3.8) is 0 Å². The van der Waals surface area contributed by atoms with Crippen molar-refractivity contribution in [2.45, 2.75) is 36.7 Å². The quantitative estimate of drug-likeness (QED) is 0.845. The third-order valence-electron chi connectivity index (χ3n) is 2.61. The van der Waals surface area contributed by atoms with Crippen LogP contribution in [0, 0.1) is 0 Å². The van der Waals surface area contributed by atoms with Crippen LogP contribution in [0.2, 0.25) is 0 Å². The van der Waals surface area contributed by atoms with E-state index in [1.54, 1.807) is 24.3 Å². The van der Waals surface area contributed by atoms with E-state index in [1.165, 1.54) is 0 Å². The first-order valence-corrected chi connectivity index (χ1v) is 7.21. The third kappa shape index (κ3) is 3.44. The molecule has 0 spiro atoms. The summed E-state index contributed by atoms with van der Waals surface area (Å²) in [6, 6.07) is 5.89. The fraction of sp³-hybridized carbons (Fsp3) is 0.357. The maximum absolute atomic E-state index is 4.41. The van der Waals surface area contributed by atoms with Crippen molar-refractivity contribution in [1.29, 1.82) is 0 Å². The summed E-state index contributed by atoms with van der Waals surface area (Å²) >= 11 is 1.58. The minimum atomic E-state index is 0.362. The number of nitrogens with zero attached hydrogens (tertiary/aromatic N) is 3. The van der Waals surface area contributed by atoms with Gasteiger partial charge in [-0.25, -0.2) is 15.0 Å². The van der Waals surface area contributed by atoms with E-state index in [1.807, 2.05) is 18.2 Å². The predicted octanol–water partition coefficient (Wildman–Crippen LogP) is 3.58. The Morgan fingerprint density at radius 1 is 1.21 bits per heavy atom. The second kappa shape index (κ2) is 6.52. The molecule has 0 amide bonds. The van der Waals surface area contributed by atoms with Gasteiger partial charge in [0.05, 0.1) is 0 Å². The Labute approximate surface area is 118 Å². The topological polar surface area (TPSA) is 50.7 Å². The molecule has 0 aliphatic rings. The van der Waals surface area contributed by atoms with Gasteiger partial charge >= 0.3 is 0 Å². The number of aromatic nitrogens is 3. The minimum Gasteiger partial charge on any atom is -0.370 e. The highest BCUT2D eigenvalue weighted by Gasteiger charge is 2.15. The van der Waals surface area contributed by atoms with E-state index in [9.17, 15) is 0 Å². The molecule has 2 aromatic rings. The number of hydrogen-bond donors (Lipinski definition) is 1. The molecule has 0 radical (unpaired) electrons. The molecule has 0 aliphatic heterocycles. The molecule has 0 aromatic carbocycles. The Morgan fingerprint density at radius 3 is 2.68 bits per heavy atom. The number of anilines is 1. The zero-order valence-corrected chi connectivity index (χ0v) is 12.2. The van der Waals surface area contributed by atoms with Crippen molar-refractivity contribution in [2.24, 2.45) is 0 Å². The van der Waals surface area contributed by atoms with Crippen molar-refractivity contribution in [2.75, 3.05) is 11.9 Å². The molecule has 2 rings (SSSR count). The van der Waals surface area contributed by atoms with Gasteiger partial charge in [-0.3, -0.25) is 0 Å². The van der Waals surface area contributed by atoms with Gasteiger partial charge in [0.15, 0.2) is 0 Å². The summed E-state index contributed by atoms with van der Waals surface area (Å²) in [5.74, 6) is 1.28. The average Bonchev–Trinajstić information content (AvgIpc) is 2.40. The van der Waals surface area contributed by atoms with E-state index in [4.69, 9.17) is 0 Å². The molecule has 0 bridgehead atoms. The van der Waals surface area contributed by atoms with Crippen LogP contribution < -0.4 is 5.32 Å². The molecule has 5 heteroatoms. The van der Waals surface area contributed by atoms with Crippen LogP contribution in [0.4, 0.5) is 5.82 Å². The summed E-state index contributed by atoms with van der Waals surface area (Å²) in [4.78, 5) is 13.1. The minimum absolute atomic E-state index is 0.362. The molecule has 2 aromatic heterocycles. The van der Waals surface area contributed by atoms with Crippen molar-refractivity contribution in [1.82, 2.24) is 15.0 Å². The number of nitrogens with one attached hydrogen (secondary N) is 1. The first-order chi connectivity index (χ1) is 9.22. The van der Waals surface area contributed by atoms with Crippen LogP contribution in [-0.2, 0) is 0 Å². The fourth-order valence-corrected chi connectivity index (χ4v) is 2.80. The zero-order valence-electron chi connectivity index (χ0n) is 11.4. The molecule has 0 aliphatic carbocycles. The van der Waals surface area contributed by atoms with Crippen molar-refractivity contribution in [3.8, 4) is 0 Å². The molecule has 4 nitrogen and oxygen atoms in total. The molecular formula is C14H18N4S. The molecular weight excluding hydrogens is 256 g/mol. The normalized spacial score (nSPS) is 10.7. The van der Waals surface area contributed by atoms with Gasteiger partial charge in [0, 0.05) is 18.3 Å². The first-order valence-electron chi connectivity index (χ1n) is 6.40. The number of pyridine rings is 1. The molecule has 0 saturated carbocycles. The van der Waals surface area contributed by atoms with Crippen LogP contribution in [-0.4, -0.2) is 21.5 Å². The largest absolute Gasteiger partial charge is 0.370 e. The van der Waals surface area contributed by atoms with Gasteiger partial charge in [-0.1, -0.05) is 19.9 Å². The second-order valence-electron chi connectivity index (χ2n) is 4.40. The molecule has 2 heterocycles. The Morgan fingerprint density at radius 2 is 2.05 bits per heavy atom. The lowest BCUT2D eigenvalue weighted by Gasteiger charge is -2.15. The van der Waals surface area contributed by atoms with Gasteiger partial charge in [0.25, 0.3) is 0 Å². The van der Waals surface area contributed by atoms with Crippen LogP contribution >= 0.6 is 11.8 Å². The maximum atomic E-state index is 4.41. The Balaban J connectivity index is 2.36. The zero-order chi connectivity index (χ0) is 13.7. The summed E-state index contributed by atoms with van der Waals surface area (Å²) in [6.45, 7) is 7.23. The molecule has 0 saturated heterocycles. The third-order valence-corrected chi connectivity index (χ3v) is 3.58. The van der Waals surface area contributed by atoms with Crippen LogP contribution in [0.5, 0.6) is 0 Å². The lowest BCUT2D eigenvalue weighted by molar-refractivity contribution is 0.803. The van der Waals surface area contributed by atoms with Crippen LogP contribution in [0.15, 0.2) is 40.8 Å². The van der Waals surface area contributed by atoms with E-state index in [0.717, 1.165) is 28.0 Å². The lowest BCUT2D eigenvalue weighted by Crippen LogP contribution is -2.07. The van der Waals surface area contributed by atoms with Gasteiger partial charge in [-0.2, -0.15) is 0 Å². The molecule has 0 unspecified atom stereocenters. The molecule has 0 fully saturated rings. The van der Waals surface area contributed by atoms with E-state index < -0.39 is 0 Å². The van der Waals surface area contributed by atoms with Gasteiger partial charge < -0.3 is 5.32 Å². The summed E-state index contributed by atoms with van der Waals surface area (Å²) in [5, 5.41) is 5.22. The van der Waals surface area contributed by atoms with Gasteiger partial charge in [-0.15, -0.1) is 0 Å². The highest BCUT2D eigenvalue weighted by atomic mass is 32.2. The highest BCUT2D eigenvalue weighted by molar-refractivity contribution is 7.99. The Kier molecular flexibility index (Phi) is 4.74. The summed E-state index contributed by atoms with van der Waals surface area (Å²) in [7, 11) is 0. The smallest absolute Gasteiger partial charge is 0.133 e. The molecule has 100 valence electrons. The predicted molar refractivity (Wildman–Crippen MR) is 78.6 cm³/mol. The number of hydrogen-bond acceptors (Lipinski definition) is 5. The summed E-state index contributed by atoms with van der Waals surface area (Å²) in [5.41, 5.74) is 1.15. The van der Waals surface area contributed by atoms with E-state index in [-0.39, 0.29) is 0 Å². The second-order valence-corrected chi connectivity index (χ2v) is 5.41. The number of rotatable bonds is 5. The molecule has 19 heavy (non-hydrogen) atoms. The van der Waals surface area contributed by atoms with E-state index in [0.29, 0.717) is 5.92 Å². The van der Waals surface area contributed by atoms with E-state index in [2.05, 4.69) is 41.0 Å². The first kappa shape index (κ1) is 13.8. The Hall–Kier alpha value is -1.62. The van der Waals surface area contributed by atoms with E-state index >= 15 is 0 Å². The van der Waals surface area contributed by atoms with Crippen molar-refractivity contribution < 1.29 is 0 Å². The Bertz CT molecular complexity index is 528. The standard InChI is InChI=1S/C14H18N4S/c1-4-15-13-12(10(2)3)14(18-9-17-13)19-11-7-5-6-8-16-11/h5-10H,4H2,1-3H3,(H,15,17,18).